The fourth-order valence-electron chi connectivity index (χ4n) is 1.65. The van der Waals surface area contributed by atoms with Crippen molar-refractivity contribution < 1.29 is 14.6 Å². The second-order valence-electron chi connectivity index (χ2n) is 4.05. The molecule has 0 saturated heterocycles. The monoisotopic (exact) mass is 296 g/mol. The van der Waals surface area contributed by atoms with Crippen molar-refractivity contribution in [3.8, 4) is 5.75 Å². The molecule has 1 aromatic carbocycles. The van der Waals surface area contributed by atoms with Crippen LogP contribution in [0.25, 0.3) is 0 Å². The molecule has 0 saturated carbocycles. The zero-order valence-corrected chi connectivity index (χ0v) is 11.5. The number of benzene rings is 1. The highest BCUT2D eigenvalue weighted by Gasteiger charge is 2.13. The highest BCUT2D eigenvalue weighted by atomic mass is 35.5. The molecule has 2 rings (SSSR count). The lowest BCUT2D eigenvalue weighted by Gasteiger charge is -2.09. The van der Waals surface area contributed by atoms with Crippen molar-refractivity contribution in [1.82, 2.24) is 20.2 Å². The number of carboxylic acids is 1. The van der Waals surface area contributed by atoms with E-state index in [1.165, 1.54) is 18.2 Å². The van der Waals surface area contributed by atoms with Crippen molar-refractivity contribution >= 4 is 17.6 Å². The van der Waals surface area contributed by atoms with E-state index < -0.39 is 5.97 Å². The van der Waals surface area contributed by atoms with Crippen molar-refractivity contribution in [2.75, 3.05) is 0 Å². The zero-order chi connectivity index (χ0) is 14.5. The summed E-state index contributed by atoms with van der Waals surface area (Å²) in [6, 6.07) is 4.35. The Bertz CT molecular complexity index is 614. The molecular weight excluding hydrogens is 284 g/mol. The summed E-state index contributed by atoms with van der Waals surface area (Å²) >= 11 is 5.84. The Hall–Kier alpha value is -2.15. The first-order valence-electron chi connectivity index (χ1n) is 6.02. The topological polar surface area (TPSA) is 90.1 Å². The molecule has 8 heteroatoms. The Morgan fingerprint density at radius 1 is 1.50 bits per heavy atom. The van der Waals surface area contributed by atoms with Gasteiger partial charge in [-0.15, -0.1) is 5.10 Å². The molecule has 106 valence electrons. The van der Waals surface area contributed by atoms with E-state index in [1.54, 1.807) is 4.68 Å². The van der Waals surface area contributed by atoms with E-state index in [9.17, 15) is 4.79 Å². The maximum atomic E-state index is 11.1. The molecule has 1 heterocycles. The maximum Gasteiger partial charge on any atom is 0.339 e. The Labute approximate surface area is 120 Å². The molecule has 7 nitrogen and oxygen atoms in total. The van der Waals surface area contributed by atoms with E-state index in [-0.39, 0.29) is 17.9 Å². The molecule has 0 fully saturated rings. The fourth-order valence-corrected chi connectivity index (χ4v) is 1.81. The highest BCUT2D eigenvalue weighted by molar-refractivity contribution is 6.30. The van der Waals surface area contributed by atoms with E-state index >= 15 is 0 Å². The van der Waals surface area contributed by atoms with Gasteiger partial charge in [0.2, 0.25) is 0 Å². The molecule has 0 aliphatic rings. The van der Waals surface area contributed by atoms with Crippen LogP contribution in [-0.4, -0.2) is 31.3 Å². The summed E-state index contributed by atoms with van der Waals surface area (Å²) in [6.07, 6.45) is 0.885. The third kappa shape index (κ3) is 3.24. The van der Waals surface area contributed by atoms with Crippen molar-refractivity contribution in [1.29, 1.82) is 0 Å². The van der Waals surface area contributed by atoms with Gasteiger partial charge in [-0.1, -0.05) is 18.5 Å². The van der Waals surface area contributed by atoms with Crippen LogP contribution in [0.3, 0.4) is 0 Å². The summed E-state index contributed by atoms with van der Waals surface area (Å²) in [5.74, 6) is -0.357. The van der Waals surface area contributed by atoms with Gasteiger partial charge in [0.05, 0.1) is 0 Å². The first-order chi connectivity index (χ1) is 9.61. The van der Waals surface area contributed by atoms with Gasteiger partial charge >= 0.3 is 5.97 Å². The standard InChI is InChI=1S/C12H13ClN4O3/c1-2-5-17-11(14-15-16-17)7-20-10-6-8(13)3-4-9(10)12(18)19/h3-4,6H,2,5,7H2,1H3,(H,18,19). The van der Waals surface area contributed by atoms with Crippen LogP contribution in [-0.2, 0) is 13.2 Å². The first-order valence-corrected chi connectivity index (χ1v) is 6.40. The maximum absolute atomic E-state index is 11.1. The number of aryl methyl sites for hydroxylation is 1. The van der Waals surface area contributed by atoms with Crippen molar-refractivity contribution in [2.45, 2.75) is 26.5 Å². The van der Waals surface area contributed by atoms with E-state index in [1.807, 2.05) is 6.92 Å². The predicted octanol–water partition coefficient (Wildman–Crippen LogP) is 2.01. The Morgan fingerprint density at radius 3 is 3.00 bits per heavy atom. The van der Waals surface area contributed by atoms with Crippen LogP contribution < -0.4 is 4.74 Å². The average Bonchev–Trinajstić information content (AvgIpc) is 2.84. The van der Waals surface area contributed by atoms with Gasteiger partial charge in [-0.05, 0) is 35.0 Å². The van der Waals surface area contributed by atoms with Crippen LogP contribution in [0, 0.1) is 0 Å². The molecule has 0 aliphatic carbocycles. The number of hydrogen-bond donors (Lipinski definition) is 1. The summed E-state index contributed by atoms with van der Waals surface area (Å²) in [7, 11) is 0. The number of aromatic carboxylic acids is 1. The molecular formula is C12H13ClN4O3. The lowest BCUT2D eigenvalue weighted by atomic mass is 10.2. The van der Waals surface area contributed by atoms with Gasteiger partial charge in [0, 0.05) is 11.6 Å². The minimum atomic E-state index is -1.08. The van der Waals surface area contributed by atoms with E-state index in [2.05, 4.69) is 15.5 Å². The molecule has 1 N–H and O–H groups in total. The number of carbonyl (C=O) groups is 1. The molecule has 0 bridgehead atoms. The molecule has 0 amide bonds. The first kappa shape index (κ1) is 14.3. The van der Waals surface area contributed by atoms with E-state index in [0.29, 0.717) is 17.4 Å². The number of nitrogens with zero attached hydrogens (tertiary/aromatic N) is 4. The number of ether oxygens (including phenoxy) is 1. The Balaban J connectivity index is 2.16. The van der Waals surface area contributed by atoms with Gasteiger partial charge in [0.15, 0.2) is 5.82 Å². The van der Waals surface area contributed by atoms with E-state index in [0.717, 1.165) is 6.42 Å². The van der Waals surface area contributed by atoms with Crippen LogP contribution >= 0.6 is 11.6 Å². The number of carboxylic acid groups (broad SMARTS) is 1. The smallest absolute Gasteiger partial charge is 0.339 e. The Morgan fingerprint density at radius 2 is 2.30 bits per heavy atom. The second-order valence-corrected chi connectivity index (χ2v) is 4.49. The van der Waals surface area contributed by atoms with Gasteiger partial charge in [-0.3, -0.25) is 0 Å². The van der Waals surface area contributed by atoms with Crippen LogP contribution in [0.5, 0.6) is 5.75 Å². The van der Waals surface area contributed by atoms with Crippen LogP contribution in [0.1, 0.15) is 29.5 Å². The van der Waals surface area contributed by atoms with Gasteiger partial charge in [-0.25, -0.2) is 9.48 Å². The lowest BCUT2D eigenvalue weighted by Crippen LogP contribution is -2.10. The van der Waals surface area contributed by atoms with Crippen LogP contribution in [0.2, 0.25) is 5.02 Å². The number of tetrazole rings is 1. The normalized spacial score (nSPS) is 10.5. The van der Waals surface area contributed by atoms with Gasteiger partial charge in [-0.2, -0.15) is 0 Å². The van der Waals surface area contributed by atoms with Gasteiger partial charge < -0.3 is 9.84 Å². The lowest BCUT2D eigenvalue weighted by molar-refractivity contribution is 0.0691. The minimum Gasteiger partial charge on any atom is -0.485 e. The summed E-state index contributed by atoms with van der Waals surface area (Å²) in [6.45, 7) is 2.76. The number of rotatable bonds is 6. The highest BCUT2D eigenvalue weighted by Crippen LogP contribution is 2.24. The Kier molecular flexibility index (Phi) is 4.52. The van der Waals surface area contributed by atoms with Gasteiger partial charge in [0.1, 0.15) is 17.9 Å². The molecule has 0 unspecified atom stereocenters. The molecule has 0 radical (unpaired) electrons. The zero-order valence-electron chi connectivity index (χ0n) is 10.8. The summed E-state index contributed by atoms with van der Waals surface area (Å²) in [5.41, 5.74) is 0.0453. The molecule has 0 atom stereocenters. The summed E-state index contributed by atoms with van der Waals surface area (Å²) in [5, 5.41) is 20.7. The molecule has 0 aliphatic heterocycles. The quantitative estimate of drug-likeness (QED) is 0.877. The SMILES string of the molecule is CCCn1nnnc1COc1cc(Cl)ccc1C(=O)O. The van der Waals surface area contributed by atoms with Crippen molar-refractivity contribution in [3.63, 3.8) is 0 Å². The summed E-state index contributed by atoms with van der Waals surface area (Å²) in [4.78, 5) is 11.1. The largest absolute Gasteiger partial charge is 0.485 e. The number of aromatic nitrogens is 4. The molecule has 0 spiro atoms. The fraction of sp³-hybridized carbons (Fsp3) is 0.333. The van der Waals surface area contributed by atoms with Crippen LogP contribution in [0.15, 0.2) is 18.2 Å². The van der Waals surface area contributed by atoms with Gasteiger partial charge in [0.25, 0.3) is 0 Å². The molecule has 1 aromatic heterocycles. The predicted molar refractivity (Wildman–Crippen MR) is 70.9 cm³/mol. The van der Waals surface area contributed by atoms with E-state index in [4.69, 9.17) is 21.4 Å². The molecule has 20 heavy (non-hydrogen) atoms. The number of halogens is 1. The van der Waals surface area contributed by atoms with Crippen molar-refractivity contribution in [2.24, 2.45) is 0 Å². The summed E-state index contributed by atoms with van der Waals surface area (Å²) < 4.78 is 7.10. The third-order valence-corrected chi connectivity index (χ3v) is 2.81. The third-order valence-electron chi connectivity index (χ3n) is 2.57. The minimum absolute atomic E-state index is 0.0453. The number of hydrogen-bond acceptors (Lipinski definition) is 5. The van der Waals surface area contributed by atoms with Crippen LogP contribution in [0.4, 0.5) is 0 Å². The average molecular weight is 297 g/mol. The molecule has 2 aromatic rings. The second kappa shape index (κ2) is 6.33. The van der Waals surface area contributed by atoms with Crippen molar-refractivity contribution in [3.05, 3.63) is 34.6 Å².